The van der Waals surface area contributed by atoms with E-state index in [1.165, 1.54) is 16.8 Å². The Hall–Kier alpha value is -2.60. The van der Waals surface area contributed by atoms with Crippen LogP contribution in [0.4, 0.5) is 0 Å². The number of hydrogen-bond acceptors (Lipinski definition) is 3. The van der Waals surface area contributed by atoms with E-state index < -0.39 is 11.5 Å². The quantitative estimate of drug-likeness (QED) is 0.470. The molecule has 0 aliphatic rings. The van der Waals surface area contributed by atoms with Crippen molar-refractivity contribution in [3.8, 4) is 0 Å². The van der Waals surface area contributed by atoms with Crippen LogP contribution in [-0.2, 0) is 6.54 Å². The predicted octanol–water partition coefficient (Wildman–Crippen LogP) is 4.62. The van der Waals surface area contributed by atoms with Crippen LogP contribution in [0.15, 0.2) is 70.7 Å². The van der Waals surface area contributed by atoms with Gasteiger partial charge in [0.25, 0.3) is 11.5 Å². The van der Waals surface area contributed by atoms with E-state index in [9.17, 15) is 9.59 Å². The molecule has 0 aliphatic carbocycles. The normalized spacial score (nSPS) is 11.0. The minimum absolute atomic E-state index is 0.0288. The molecule has 0 atom stereocenters. The molecule has 0 saturated heterocycles. The Morgan fingerprint density at radius 1 is 1.07 bits per heavy atom. The molecule has 0 bridgehead atoms. The van der Waals surface area contributed by atoms with Gasteiger partial charge in [-0.1, -0.05) is 59.1 Å². The van der Waals surface area contributed by atoms with E-state index in [1.54, 1.807) is 48.7 Å². The van der Waals surface area contributed by atoms with Gasteiger partial charge in [0.05, 0.1) is 22.8 Å². The van der Waals surface area contributed by atoms with Gasteiger partial charge in [-0.15, -0.1) is 0 Å². The number of halogens is 3. The zero-order valence-electron chi connectivity index (χ0n) is 14.4. The third kappa shape index (κ3) is 4.81. The number of nitrogens with one attached hydrogen (secondary N) is 1. The van der Waals surface area contributed by atoms with Crippen molar-refractivity contribution in [1.82, 2.24) is 9.99 Å². The Bertz CT molecular complexity index is 1110. The highest BCUT2D eigenvalue weighted by Crippen LogP contribution is 2.24. The fourth-order valence-electron chi connectivity index (χ4n) is 2.51. The smallest absolute Gasteiger partial charge is 0.276 e. The molecule has 142 valence electrons. The average Bonchev–Trinajstić information content (AvgIpc) is 2.67. The van der Waals surface area contributed by atoms with Crippen molar-refractivity contribution in [2.75, 3.05) is 0 Å². The zero-order valence-corrected chi connectivity index (χ0v) is 16.7. The minimum atomic E-state index is -0.625. The second kappa shape index (κ2) is 9.06. The molecule has 0 radical (unpaired) electrons. The number of hydrogen-bond donors (Lipinski definition) is 1. The summed E-state index contributed by atoms with van der Waals surface area (Å²) < 4.78 is 1.43. The first-order valence-electron chi connectivity index (χ1n) is 8.17. The summed E-state index contributed by atoms with van der Waals surface area (Å²) in [6.07, 6.45) is 2.97. The summed E-state index contributed by atoms with van der Waals surface area (Å²) in [7, 11) is 0. The molecule has 2 aromatic carbocycles. The zero-order chi connectivity index (χ0) is 20.1. The lowest BCUT2D eigenvalue weighted by atomic mass is 10.2. The topological polar surface area (TPSA) is 63.5 Å². The van der Waals surface area contributed by atoms with E-state index in [0.29, 0.717) is 27.2 Å². The largest absolute Gasteiger partial charge is 0.310 e. The van der Waals surface area contributed by atoms with Crippen molar-refractivity contribution >= 4 is 46.9 Å². The Labute approximate surface area is 176 Å². The van der Waals surface area contributed by atoms with Crippen LogP contribution >= 0.6 is 34.8 Å². The summed E-state index contributed by atoms with van der Waals surface area (Å²) >= 11 is 18.0. The highest BCUT2D eigenvalue weighted by molar-refractivity contribution is 6.43. The van der Waals surface area contributed by atoms with E-state index in [2.05, 4.69) is 10.5 Å². The van der Waals surface area contributed by atoms with Gasteiger partial charge in [0.15, 0.2) is 0 Å². The highest BCUT2D eigenvalue weighted by atomic mass is 35.5. The van der Waals surface area contributed by atoms with Gasteiger partial charge in [-0.05, 0) is 35.9 Å². The molecule has 3 aromatic rings. The number of rotatable bonds is 5. The third-order valence-corrected chi connectivity index (χ3v) is 4.93. The fourth-order valence-corrected chi connectivity index (χ4v) is 3.08. The first-order chi connectivity index (χ1) is 13.5. The summed E-state index contributed by atoms with van der Waals surface area (Å²) in [5.41, 5.74) is 3.26. The molecule has 0 spiro atoms. The maximum Gasteiger partial charge on any atom is 0.276 e. The monoisotopic (exact) mass is 433 g/mol. The standard InChI is InChI=1S/C20H14Cl3N3O2/c21-15-6-1-4-13(10-15)12-26-9-3-7-16(20(26)28)19(27)25-24-11-14-5-2-8-17(22)18(14)23/h1-11H,12H2,(H,25,27)/b24-11-. The Balaban J connectivity index is 1.76. The predicted molar refractivity (Wildman–Crippen MR) is 113 cm³/mol. The number of amides is 1. The fraction of sp³-hybridized carbons (Fsp3) is 0.0500. The van der Waals surface area contributed by atoms with E-state index >= 15 is 0 Å². The van der Waals surface area contributed by atoms with Crippen LogP contribution in [0.25, 0.3) is 0 Å². The number of pyridine rings is 1. The van der Waals surface area contributed by atoms with E-state index in [-0.39, 0.29) is 5.56 Å². The van der Waals surface area contributed by atoms with Gasteiger partial charge >= 0.3 is 0 Å². The molecule has 3 rings (SSSR count). The maximum absolute atomic E-state index is 12.6. The van der Waals surface area contributed by atoms with Crippen LogP contribution in [0, 0.1) is 0 Å². The number of carbonyl (C=O) groups is 1. The van der Waals surface area contributed by atoms with Crippen LogP contribution in [0.5, 0.6) is 0 Å². The van der Waals surface area contributed by atoms with Crippen molar-refractivity contribution < 1.29 is 4.79 Å². The summed E-state index contributed by atoms with van der Waals surface area (Å²) in [5.74, 6) is -0.625. The summed E-state index contributed by atoms with van der Waals surface area (Å²) in [4.78, 5) is 25.0. The maximum atomic E-state index is 12.6. The molecule has 1 N–H and O–H groups in total. The van der Waals surface area contributed by atoms with Crippen molar-refractivity contribution in [3.05, 3.63) is 103 Å². The molecule has 0 unspecified atom stereocenters. The molecule has 0 fully saturated rings. The van der Waals surface area contributed by atoms with Crippen molar-refractivity contribution in [1.29, 1.82) is 0 Å². The first kappa shape index (κ1) is 20.1. The molecule has 0 saturated carbocycles. The molecule has 1 heterocycles. The second-order valence-electron chi connectivity index (χ2n) is 5.83. The SMILES string of the molecule is O=C(N/N=C\c1cccc(Cl)c1Cl)c1cccn(Cc2cccc(Cl)c2)c1=O. The third-order valence-electron chi connectivity index (χ3n) is 3.86. The molecule has 0 aliphatic heterocycles. The summed E-state index contributed by atoms with van der Waals surface area (Å²) in [5, 5.41) is 5.13. The molecule has 5 nitrogen and oxygen atoms in total. The molecule has 28 heavy (non-hydrogen) atoms. The van der Waals surface area contributed by atoms with Gasteiger partial charge in [0.2, 0.25) is 0 Å². The van der Waals surface area contributed by atoms with Crippen LogP contribution in [0.2, 0.25) is 15.1 Å². The lowest BCUT2D eigenvalue weighted by molar-refractivity contribution is 0.0953. The Morgan fingerprint density at radius 3 is 2.64 bits per heavy atom. The summed E-state index contributed by atoms with van der Waals surface area (Å²) in [6.45, 7) is 0.294. The number of benzene rings is 2. The van der Waals surface area contributed by atoms with Crippen molar-refractivity contribution in [2.24, 2.45) is 5.10 Å². The van der Waals surface area contributed by atoms with E-state index in [4.69, 9.17) is 34.8 Å². The van der Waals surface area contributed by atoms with E-state index in [1.807, 2.05) is 6.07 Å². The van der Waals surface area contributed by atoms with Crippen molar-refractivity contribution in [3.63, 3.8) is 0 Å². The first-order valence-corrected chi connectivity index (χ1v) is 9.30. The van der Waals surface area contributed by atoms with Gasteiger partial charge in [-0.3, -0.25) is 9.59 Å². The molecular formula is C20H14Cl3N3O2. The summed E-state index contributed by atoms with van der Waals surface area (Å²) in [6, 6.07) is 15.3. The molecule has 1 aromatic heterocycles. The minimum Gasteiger partial charge on any atom is -0.310 e. The van der Waals surface area contributed by atoms with Gasteiger partial charge in [0.1, 0.15) is 5.56 Å². The van der Waals surface area contributed by atoms with Crippen LogP contribution in [-0.4, -0.2) is 16.7 Å². The highest BCUT2D eigenvalue weighted by Gasteiger charge is 2.12. The van der Waals surface area contributed by atoms with E-state index in [0.717, 1.165) is 5.56 Å². The van der Waals surface area contributed by atoms with Gasteiger partial charge < -0.3 is 4.57 Å². The van der Waals surface area contributed by atoms with Gasteiger partial charge in [0, 0.05) is 16.8 Å². The number of aromatic nitrogens is 1. The van der Waals surface area contributed by atoms with Crippen LogP contribution < -0.4 is 11.0 Å². The Kier molecular flexibility index (Phi) is 6.52. The Morgan fingerprint density at radius 2 is 1.86 bits per heavy atom. The molecule has 1 amide bonds. The van der Waals surface area contributed by atoms with Crippen LogP contribution in [0.3, 0.4) is 0 Å². The average molecular weight is 435 g/mol. The van der Waals surface area contributed by atoms with Crippen molar-refractivity contribution in [2.45, 2.75) is 6.54 Å². The second-order valence-corrected chi connectivity index (χ2v) is 7.05. The number of carbonyl (C=O) groups excluding carboxylic acids is 1. The van der Waals surface area contributed by atoms with Gasteiger partial charge in [-0.25, -0.2) is 5.43 Å². The van der Waals surface area contributed by atoms with Crippen LogP contribution in [0.1, 0.15) is 21.5 Å². The number of hydrazone groups is 1. The lowest BCUT2D eigenvalue weighted by Crippen LogP contribution is -2.30. The molecular weight excluding hydrogens is 421 g/mol. The number of nitrogens with zero attached hydrogens (tertiary/aromatic N) is 2. The molecule has 8 heteroatoms. The lowest BCUT2D eigenvalue weighted by Gasteiger charge is -2.08. The van der Waals surface area contributed by atoms with Gasteiger partial charge in [-0.2, -0.15) is 5.10 Å².